The van der Waals surface area contributed by atoms with Gasteiger partial charge in [-0.1, -0.05) is 37.2 Å². The average Bonchev–Trinajstić information content (AvgIpc) is 2.85. The summed E-state index contributed by atoms with van der Waals surface area (Å²) in [6.45, 7) is 7.04. The Morgan fingerprint density at radius 3 is 2.76 bits per heavy atom. The molecule has 1 aromatic rings. The van der Waals surface area contributed by atoms with Crippen molar-refractivity contribution in [1.29, 1.82) is 0 Å². The standard InChI is InChI=1S/C11H17N3O2S/c1-11(2,3)9-13-14-10(17-9)16-8(15)7-5-4-6-12-7/h7,12H,4-6H2,1-3H3. The Kier molecular flexibility index (Phi) is 3.44. The molecule has 0 bridgehead atoms. The van der Waals surface area contributed by atoms with E-state index >= 15 is 0 Å². The lowest BCUT2D eigenvalue weighted by Crippen LogP contribution is -2.34. The van der Waals surface area contributed by atoms with Crippen LogP contribution in [0.3, 0.4) is 0 Å². The lowest BCUT2D eigenvalue weighted by Gasteiger charge is -2.12. The second-order valence-corrected chi connectivity index (χ2v) is 6.13. The van der Waals surface area contributed by atoms with Crippen LogP contribution >= 0.6 is 11.3 Å². The fourth-order valence-corrected chi connectivity index (χ4v) is 2.36. The van der Waals surface area contributed by atoms with E-state index in [9.17, 15) is 4.79 Å². The highest BCUT2D eigenvalue weighted by atomic mass is 32.1. The third-order valence-electron chi connectivity index (χ3n) is 2.58. The topological polar surface area (TPSA) is 64.1 Å². The van der Waals surface area contributed by atoms with Crippen LogP contribution in [0, 0.1) is 0 Å². The minimum Gasteiger partial charge on any atom is -0.395 e. The zero-order valence-electron chi connectivity index (χ0n) is 10.3. The molecule has 2 rings (SSSR count). The molecule has 0 spiro atoms. The van der Waals surface area contributed by atoms with Crippen molar-refractivity contribution in [3.05, 3.63) is 5.01 Å². The van der Waals surface area contributed by atoms with E-state index in [1.807, 2.05) is 0 Å². The molecule has 94 valence electrons. The smallest absolute Gasteiger partial charge is 0.330 e. The molecule has 5 nitrogen and oxygen atoms in total. The van der Waals surface area contributed by atoms with Gasteiger partial charge in [-0.3, -0.25) is 0 Å². The van der Waals surface area contributed by atoms with Crippen molar-refractivity contribution in [2.75, 3.05) is 6.54 Å². The highest BCUT2D eigenvalue weighted by Gasteiger charge is 2.26. The maximum atomic E-state index is 11.7. The minimum absolute atomic E-state index is 0.0616. The van der Waals surface area contributed by atoms with Crippen LogP contribution in [-0.4, -0.2) is 28.8 Å². The Bertz CT molecular complexity index is 405. The molecular weight excluding hydrogens is 238 g/mol. The van der Waals surface area contributed by atoms with Gasteiger partial charge in [0.15, 0.2) is 0 Å². The molecule has 17 heavy (non-hydrogen) atoms. The van der Waals surface area contributed by atoms with Crippen molar-refractivity contribution in [3.63, 3.8) is 0 Å². The number of carbonyl (C=O) groups is 1. The highest BCUT2D eigenvalue weighted by Crippen LogP contribution is 2.29. The number of hydrogen-bond acceptors (Lipinski definition) is 6. The summed E-state index contributed by atoms with van der Waals surface area (Å²) in [4.78, 5) is 11.7. The number of nitrogens with one attached hydrogen (secondary N) is 1. The summed E-state index contributed by atoms with van der Waals surface area (Å²) in [6, 6.07) is -0.183. The number of ether oxygens (including phenoxy) is 1. The fraction of sp³-hybridized carbons (Fsp3) is 0.727. The minimum atomic E-state index is -0.251. The monoisotopic (exact) mass is 255 g/mol. The van der Waals surface area contributed by atoms with Gasteiger partial charge in [0.25, 0.3) is 0 Å². The number of carbonyl (C=O) groups excluding carboxylic acids is 1. The van der Waals surface area contributed by atoms with Crippen LogP contribution in [0.15, 0.2) is 0 Å². The van der Waals surface area contributed by atoms with Gasteiger partial charge in [0.1, 0.15) is 11.0 Å². The number of esters is 1. The normalized spacial score (nSPS) is 20.5. The van der Waals surface area contributed by atoms with Crippen molar-refractivity contribution in [1.82, 2.24) is 15.5 Å². The van der Waals surface area contributed by atoms with E-state index in [1.165, 1.54) is 11.3 Å². The summed E-state index contributed by atoms with van der Waals surface area (Å²) in [5, 5.41) is 12.2. The van der Waals surface area contributed by atoms with Gasteiger partial charge in [0.05, 0.1) is 0 Å². The first kappa shape index (κ1) is 12.4. The second-order valence-electron chi connectivity index (χ2n) is 5.19. The van der Waals surface area contributed by atoms with E-state index in [4.69, 9.17) is 4.74 Å². The maximum Gasteiger partial charge on any atom is 0.330 e. The number of nitrogens with zero attached hydrogens (tertiary/aromatic N) is 2. The van der Waals surface area contributed by atoms with Crippen LogP contribution in [0.4, 0.5) is 0 Å². The Morgan fingerprint density at radius 2 is 2.24 bits per heavy atom. The van der Waals surface area contributed by atoms with E-state index in [2.05, 4.69) is 36.3 Å². The molecule has 0 aromatic carbocycles. The Hall–Kier alpha value is -1.01. The zero-order valence-corrected chi connectivity index (χ0v) is 11.1. The highest BCUT2D eigenvalue weighted by molar-refractivity contribution is 7.13. The van der Waals surface area contributed by atoms with E-state index in [-0.39, 0.29) is 17.4 Å². The molecule has 0 aliphatic carbocycles. The molecule has 1 aliphatic rings. The molecule has 0 amide bonds. The molecule has 1 aromatic heterocycles. The van der Waals surface area contributed by atoms with E-state index in [0.29, 0.717) is 5.19 Å². The zero-order chi connectivity index (χ0) is 12.5. The third kappa shape index (κ3) is 3.01. The largest absolute Gasteiger partial charge is 0.395 e. The van der Waals surface area contributed by atoms with Gasteiger partial charge < -0.3 is 10.1 Å². The second kappa shape index (κ2) is 4.70. The van der Waals surface area contributed by atoms with Crippen LogP contribution in [0.5, 0.6) is 5.19 Å². The van der Waals surface area contributed by atoms with Crippen LogP contribution in [0.2, 0.25) is 0 Å². The SMILES string of the molecule is CC(C)(C)c1nnc(OC(=O)C2CCCN2)s1. The van der Waals surface area contributed by atoms with Gasteiger partial charge in [0.2, 0.25) is 0 Å². The molecule has 0 radical (unpaired) electrons. The molecule has 6 heteroatoms. The van der Waals surface area contributed by atoms with E-state index in [0.717, 1.165) is 24.4 Å². The number of hydrogen-bond donors (Lipinski definition) is 1. The molecule has 1 unspecified atom stereocenters. The quantitative estimate of drug-likeness (QED) is 0.811. The van der Waals surface area contributed by atoms with Gasteiger partial charge in [-0.2, -0.15) is 0 Å². The predicted octanol–water partition coefficient (Wildman–Crippen LogP) is 1.49. The van der Waals surface area contributed by atoms with Crippen LogP contribution < -0.4 is 10.1 Å². The van der Waals surface area contributed by atoms with Gasteiger partial charge in [-0.05, 0) is 19.4 Å². The average molecular weight is 255 g/mol. The lowest BCUT2D eigenvalue weighted by molar-refractivity contribution is -0.136. The van der Waals surface area contributed by atoms with Crippen LogP contribution in [0.1, 0.15) is 38.6 Å². The molecule has 1 saturated heterocycles. The predicted molar refractivity (Wildman–Crippen MR) is 65.3 cm³/mol. The summed E-state index contributed by atoms with van der Waals surface area (Å²) in [5.74, 6) is -0.251. The molecule has 1 atom stereocenters. The summed E-state index contributed by atoms with van der Waals surface area (Å²) < 4.78 is 5.22. The van der Waals surface area contributed by atoms with E-state index < -0.39 is 0 Å². The fourth-order valence-electron chi connectivity index (χ4n) is 1.60. The molecule has 1 fully saturated rings. The molecule has 0 saturated carbocycles. The molecule has 2 heterocycles. The maximum absolute atomic E-state index is 11.7. The summed E-state index contributed by atoms with van der Waals surface area (Å²) in [5.41, 5.74) is -0.0616. The van der Waals surface area contributed by atoms with Gasteiger partial charge in [-0.25, -0.2) is 4.79 Å². The third-order valence-corrected chi connectivity index (χ3v) is 3.81. The first-order valence-corrected chi connectivity index (χ1v) is 6.57. The van der Waals surface area contributed by atoms with Crippen molar-refractivity contribution in [3.8, 4) is 5.19 Å². The molecular formula is C11H17N3O2S. The van der Waals surface area contributed by atoms with Gasteiger partial charge in [-0.15, -0.1) is 5.10 Å². The molecule has 1 N–H and O–H groups in total. The van der Waals surface area contributed by atoms with Crippen molar-refractivity contribution >= 4 is 17.3 Å². The van der Waals surface area contributed by atoms with Crippen molar-refractivity contribution < 1.29 is 9.53 Å². The first-order chi connectivity index (χ1) is 7.97. The van der Waals surface area contributed by atoms with Crippen LogP contribution in [-0.2, 0) is 10.2 Å². The first-order valence-electron chi connectivity index (χ1n) is 5.76. The summed E-state index contributed by atoms with van der Waals surface area (Å²) in [7, 11) is 0. The molecule has 1 aliphatic heterocycles. The van der Waals surface area contributed by atoms with E-state index in [1.54, 1.807) is 0 Å². The van der Waals surface area contributed by atoms with Gasteiger partial charge >= 0.3 is 11.2 Å². The van der Waals surface area contributed by atoms with Crippen molar-refractivity contribution in [2.24, 2.45) is 0 Å². The summed E-state index contributed by atoms with van der Waals surface area (Å²) >= 11 is 1.33. The lowest BCUT2D eigenvalue weighted by atomic mass is 9.98. The Balaban J connectivity index is 1.99. The number of rotatable bonds is 2. The summed E-state index contributed by atoms with van der Waals surface area (Å²) in [6.07, 6.45) is 1.85. The Labute approximate surface area is 105 Å². The van der Waals surface area contributed by atoms with Crippen molar-refractivity contribution in [2.45, 2.75) is 45.1 Å². The van der Waals surface area contributed by atoms with Crippen LogP contribution in [0.25, 0.3) is 0 Å². The Morgan fingerprint density at radius 1 is 1.47 bits per heavy atom. The number of aromatic nitrogens is 2. The van der Waals surface area contributed by atoms with Gasteiger partial charge in [0, 0.05) is 5.41 Å².